The van der Waals surface area contributed by atoms with Crippen LogP contribution >= 0.6 is 0 Å². The zero-order valence-corrected chi connectivity index (χ0v) is 11.5. The molecule has 102 valence electrons. The molecule has 0 saturated heterocycles. The van der Waals surface area contributed by atoms with E-state index in [1.54, 1.807) is 12.4 Å². The van der Waals surface area contributed by atoms with Crippen LogP contribution in [-0.4, -0.2) is 14.1 Å². The number of aromatic nitrogens is 4. The highest BCUT2D eigenvalue weighted by atomic mass is 15.2. The van der Waals surface area contributed by atoms with E-state index in [0.717, 1.165) is 33.2 Å². The number of fused-ring (bicyclic) bond motifs is 7. The minimum atomic E-state index is -2.27. The molecule has 0 fully saturated rings. The number of aryl methyl sites for hydroxylation is 2. The molecule has 0 bridgehead atoms. The van der Waals surface area contributed by atoms with Crippen LogP contribution in [0.4, 0.5) is 0 Å². The first kappa shape index (κ1) is 8.62. The van der Waals surface area contributed by atoms with Crippen LogP contribution in [0.5, 0.6) is 0 Å². The highest BCUT2D eigenvalue weighted by molar-refractivity contribution is 6.04. The fourth-order valence-corrected chi connectivity index (χ4v) is 3.56. The van der Waals surface area contributed by atoms with Crippen molar-refractivity contribution in [2.75, 3.05) is 0 Å². The molecule has 0 amide bonds. The van der Waals surface area contributed by atoms with Crippen LogP contribution in [0.3, 0.4) is 0 Å². The first-order valence-electron chi connectivity index (χ1n) is 8.44. The van der Waals surface area contributed by atoms with Crippen molar-refractivity contribution in [1.82, 2.24) is 14.1 Å². The molecule has 0 aliphatic carbocycles. The van der Waals surface area contributed by atoms with Gasteiger partial charge in [0.05, 0.1) is 35.6 Å². The van der Waals surface area contributed by atoms with Gasteiger partial charge in [-0.25, -0.2) is 9.13 Å². The van der Waals surface area contributed by atoms with Gasteiger partial charge in [-0.2, -0.15) is 0 Å². The molecular weight excluding hydrogens is 260 g/mol. The lowest BCUT2D eigenvalue weighted by molar-refractivity contribution is -0.636. The van der Waals surface area contributed by atoms with Crippen molar-refractivity contribution < 1.29 is 8.68 Å². The summed E-state index contributed by atoms with van der Waals surface area (Å²) in [6.45, 7) is -1.60. The average molecular weight is 278 g/mol. The molecule has 0 saturated carbocycles. The summed E-state index contributed by atoms with van der Waals surface area (Å²) < 4.78 is 29.9. The second kappa shape index (κ2) is 3.52. The van der Waals surface area contributed by atoms with E-state index in [1.165, 1.54) is 4.57 Å². The van der Waals surface area contributed by atoms with Crippen LogP contribution < -0.4 is 4.57 Å². The Morgan fingerprint density at radius 1 is 1.29 bits per heavy atom. The Bertz CT molecular complexity index is 1130. The third kappa shape index (κ3) is 1.17. The fourth-order valence-electron chi connectivity index (χ4n) is 3.56. The molecule has 0 atom stereocenters. The Morgan fingerprint density at radius 2 is 2.19 bits per heavy atom. The minimum absolute atomic E-state index is 0.667. The van der Waals surface area contributed by atoms with E-state index < -0.39 is 6.98 Å². The maximum absolute atomic E-state index is 8.10. The normalized spacial score (nSPS) is 15.8. The van der Waals surface area contributed by atoms with Crippen LogP contribution in [0.1, 0.15) is 9.68 Å². The molecule has 21 heavy (non-hydrogen) atoms. The molecule has 0 unspecified atom stereocenters. The zero-order chi connectivity index (χ0) is 16.6. The maximum Gasteiger partial charge on any atom is 0.269 e. The van der Waals surface area contributed by atoms with Crippen LogP contribution in [0, 0.1) is 0 Å². The number of rotatable bonds is 0. The Labute approximate surface area is 126 Å². The van der Waals surface area contributed by atoms with Crippen molar-refractivity contribution in [1.29, 1.82) is 0 Å². The highest BCUT2D eigenvalue weighted by Gasteiger charge is 2.34. The Hall–Kier alpha value is -2.62. The van der Waals surface area contributed by atoms with Crippen molar-refractivity contribution in [3.05, 3.63) is 48.3 Å². The Kier molecular flexibility index (Phi) is 1.45. The molecule has 0 N–H and O–H groups in total. The van der Waals surface area contributed by atoms with Crippen molar-refractivity contribution in [2.24, 2.45) is 14.0 Å². The van der Waals surface area contributed by atoms with E-state index in [1.807, 2.05) is 35.9 Å². The van der Waals surface area contributed by atoms with Gasteiger partial charge in [0.2, 0.25) is 5.82 Å². The predicted molar refractivity (Wildman–Crippen MR) is 81.9 cm³/mol. The number of benzene rings is 1. The standard InChI is InChI=1S/C17H15N4/c1-19-14-6-4-3-5-12(14)15-17(19)20(2)16-13-9-18-8-7-11(13)10-21(15)16/h3-9H,10H2,1-2H3/q+1/i2D3. The lowest BCUT2D eigenvalue weighted by atomic mass is 10.2. The summed E-state index contributed by atoms with van der Waals surface area (Å²) >= 11 is 0. The van der Waals surface area contributed by atoms with E-state index in [9.17, 15) is 0 Å². The highest BCUT2D eigenvalue weighted by Crippen LogP contribution is 2.36. The number of imidazole rings is 1. The number of hydrogen-bond donors (Lipinski definition) is 0. The number of pyridine rings is 1. The van der Waals surface area contributed by atoms with Gasteiger partial charge in [0.15, 0.2) is 5.52 Å². The molecule has 3 aromatic heterocycles. The predicted octanol–water partition coefficient (Wildman–Crippen LogP) is 2.38. The summed E-state index contributed by atoms with van der Waals surface area (Å²) in [6.07, 6.45) is 3.52. The summed E-state index contributed by atoms with van der Waals surface area (Å²) in [7, 11) is 1.92. The van der Waals surface area contributed by atoms with E-state index in [-0.39, 0.29) is 0 Å². The smallest absolute Gasteiger partial charge is 0.264 e. The summed E-state index contributed by atoms with van der Waals surface area (Å²) in [6, 6.07) is 10.0. The van der Waals surface area contributed by atoms with Crippen molar-refractivity contribution in [3.63, 3.8) is 0 Å². The van der Waals surface area contributed by atoms with Crippen LogP contribution in [0.15, 0.2) is 42.7 Å². The maximum atomic E-state index is 8.10. The third-order valence-electron chi connectivity index (χ3n) is 4.48. The van der Waals surface area contributed by atoms with Crippen molar-refractivity contribution in [3.8, 4) is 11.4 Å². The van der Waals surface area contributed by atoms with E-state index >= 15 is 0 Å². The van der Waals surface area contributed by atoms with Crippen LogP contribution in [0.25, 0.3) is 33.5 Å². The first-order valence-corrected chi connectivity index (χ1v) is 6.94. The summed E-state index contributed by atoms with van der Waals surface area (Å²) in [5.41, 5.74) is 4.72. The third-order valence-corrected chi connectivity index (χ3v) is 4.48. The fraction of sp³-hybridized carbons (Fsp3) is 0.176. The molecule has 4 nitrogen and oxygen atoms in total. The number of hydrogen-bond acceptors (Lipinski definition) is 1. The summed E-state index contributed by atoms with van der Waals surface area (Å²) in [5.74, 6) is 0.712. The minimum Gasteiger partial charge on any atom is -0.264 e. The van der Waals surface area contributed by atoms with E-state index in [4.69, 9.17) is 4.11 Å². The molecule has 0 spiro atoms. The van der Waals surface area contributed by atoms with Gasteiger partial charge in [-0.3, -0.25) is 9.55 Å². The molecule has 1 aliphatic heterocycles. The lowest BCUT2D eigenvalue weighted by Crippen LogP contribution is -2.31. The summed E-state index contributed by atoms with van der Waals surface area (Å²) in [5, 5.41) is 1.07. The van der Waals surface area contributed by atoms with Crippen LogP contribution in [-0.2, 0) is 20.6 Å². The Balaban J connectivity index is 2.05. The number of nitrogens with zero attached hydrogens (tertiary/aromatic N) is 4. The molecule has 0 radical (unpaired) electrons. The SMILES string of the molecule is [2H]C([2H])([2H])[n+]1c2n(c3c4ccccc4n(C)c31)Cc1ccncc1-2. The van der Waals surface area contributed by atoms with Gasteiger partial charge < -0.3 is 0 Å². The van der Waals surface area contributed by atoms with E-state index in [0.29, 0.717) is 12.4 Å². The van der Waals surface area contributed by atoms with Gasteiger partial charge in [0.25, 0.3) is 5.65 Å². The monoisotopic (exact) mass is 278 g/mol. The van der Waals surface area contributed by atoms with Crippen molar-refractivity contribution in [2.45, 2.75) is 6.54 Å². The molecule has 5 rings (SSSR count). The molecule has 4 aromatic rings. The molecule has 4 heterocycles. The zero-order valence-electron chi connectivity index (χ0n) is 14.5. The lowest BCUT2D eigenvalue weighted by Gasteiger charge is -1.98. The first-order chi connectivity index (χ1) is 11.5. The van der Waals surface area contributed by atoms with Gasteiger partial charge in [-0.15, -0.1) is 0 Å². The van der Waals surface area contributed by atoms with Crippen molar-refractivity contribution >= 4 is 22.1 Å². The topological polar surface area (TPSA) is 26.6 Å². The van der Waals surface area contributed by atoms with Gasteiger partial charge in [-0.05, 0) is 18.2 Å². The van der Waals surface area contributed by atoms with Gasteiger partial charge in [0, 0.05) is 18.0 Å². The molecule has 4 heteroatoms. The average Bonchev–Trinajstić information content (AvgIpc) is 3.15. The second-order valence-corrected chi connectivity index (χ2v) is 5.53. The molecule has 1 aromatic carbocycles. The van der Waals surface area contributed by atoms with Gasteiger partial charge in [0.1, 0.15) is 5.52 Å². The quantitative estimate of drug-likeness (QED) is 0.399. The molecular formula is C17H15N4+. The summed E-state index contributed by atoms with van der Waals surface area (Å²) in [4.78, 5) is 4.20. The number of para-hydroxylation sites is 1. The van der Waals surface area contributed by atoms with Crippen LogP contribution in [0.2, 0.25) is 0 Å². The Morgan fingerprint density at radius 3 is 3.10 bits per heavy atom. The second-order valence-electron chi connectivity index (χ2n) is 5.53. The largest absolute Gasteiger partial charge is 0.269 e. The van der Waals surface area contributed by atoms with Gasteiger partial charge >= 0.3 is 0 Å². The molecule has 1 aliphatic rings. The van der Waals surface area contributed by atoms with Gasteiger partial charge in [-0.1, -0.05) is 12.1 Å². The van der Waals surface area contributed by atoms with E-state index in [2.05, 4.69) is 15.6 Å².